The molecule has 1 aromatic heterocycles. The van der Waals surface area contributed by atoms with E-state index in [4.69, 9.17) is 4.42 Å². The fourth-order valence-corrected chi connectivity index (χ4v) is 2.29. The number of hydrogen-bond donors (Lipinski definition) is 2. The molecule has 1 aromatic rings. The third-order valence-electron chi connectivity index (χ3n) is 3.08. The van der Waals surface area contributed by atoms with Gasteiger partial charge in [-0.25, -0.2) is 9.98 Å². The zero-order valence-electron chi connectivity index (χ0n) is 14.5. The number of rotatable bonds is 8. The smallest absolute Gasteiger partial charge is 0.216 e. The second-order valence-electron chi connectivity index (χ2n) is 6.19. The maximum absolute atomic E-state index is 5.76. The van der Waals surface area contributed by atoms with Crippen molar-refractivity contribution in [1.29, 1.82) is 0 Å². The van der Waals surface area contributed by atoms with Crippen molar-refractivity contribution in [2.24, 2.45) is 4.99 Å². The first-order chi connectivity index (χ1) is 10.5. The van der Waals surface area contributed by atoms with Crippen LogP contribution in [0.15, 0.2) is 15.6 Å². The van der Waals surface area contributed by atoms with Crippen LogP contribution >= 0.6 is 11.8 Å². The van der Waals surface area contributed by atoms with E-state index >= 15 is 0 Å². The Kier molecular flexibility index (Phi) is 8.38. The molecular weight excluding hydrogens is 296 g/mol. The molecule has 0 radical (unpaired) electrons. The third-order valence-corrected chi connectivity index (χ3v) is 3.77. The van der Waals surface area contributed by atoms with E-state index in [9.17, 15) is 0 Å². The average molecular weight is 327 g/mol. The van der Waals surface area contributed by atoms with Gasteiger partial charge in [0.05, 0.1) is 6.20 Å². The molecule has 0 atom stereocenters. The van der Waals surface area contributed by atoms with Crippen LogP contribution in [0, 0.1) is 0 Å². The largest absolute Gasteiger partial charge is 0.443 e. The number of aliphatic imine (C=N–C) groups is 1. The quantitative estimate of drug-likeness (QED) is 0.436. The monoisotopic (exact) mass is 326 g/mol. The molecule has 0 aliphatic heterocycles. The Hall–Kier alpha value is -1.17. The molecule has 5 nitrogen and oxygen atoms in total. The van der Waals surface area contributed by atoms with E-state index in [1.165, 1.54) is 12.2 Å². The molecule has 0 saturated carbocycles. The van der Waals surface area contributed by atoms with Crippen LogP contribution in [0.25, 0.3) is 0 Å². The van der Waals surface area contributed by atoms with Crippen molar-refractivity contribution in [1.82, 2.24) is 15.6 Å². The van der Waals surface area contributed by atoms with Crippen LogP contribution in [0.1, 0.15) is 52.2 Å². The molecule has 0 aliphatic rings. The van der Waals surface area contributed by atoms with Gasteiger partial charge in [0.1, 0.15) is 12.3 Å². The fraction of sp³-hybridized carbons (Fsp3) is 0.750. The lowest BCUT2D eigenvalue weighted by Crippen LogP contribution is -2.37. The Bertz CT molecular complexity index is 451. The summed E-state index contributed by atoms with van der Waals surface area (Å²) in [6.07, 6.45) is 6.31. The van der Waals surface area contributed by atoms with Crippen molar-refractivity contribution >= 4 is 17.7 Å². The van der Waals surface area contributed by atoms with Crippen molar-refractivity contribution in [3.05, 3.63) is 17.8 Å². The van der Waals surface area contributed by atoms with Gasteiger partial charge in [0, 0.05) is 18.5 Å². The maximum atomic E-state index is 5.76. The van der Waals surface area contributed by atoms with Crippen molar-refractivity contribution in [2.75, 3.05) is 25.1 Å². The zero-order valence-corrected chi connectivity index (χ0v) is 15.3. The summed E-state index contributed by atoms with van der Waals surface area (Å²) >= 11 is 1.89. The lowest BCUT2D eigenvalue weighted by Gasteiger charge is -2.13. The van der Waals surface area contributed by atoms with E-state index in [1.54, 1.807) is 6.20 Å². The number of nitrogens with zero attached hydrogens (tertiary/aromatic N) is 2. The molecule has 0 amide bonds. The summed E-state index contributed by atoms with van der Waals surface area (Å²) in [5, 5.41) is 6.59. The minimum absolute atomic E-state index is 0.0188. The van der Waals surface area contributed by atoms with Gasteiger partial charge in [0.15, 0.2) is 5.96 Å². The third kappa shape index (κ3) is 7.20. The molecular formula is C16H30N4OS. The molecule has 2 N–H and O–H groups in total. The van der Waals surface area contributed by atoms with Crippen LogP contribution < -0.4 is 10.6 Å². The van der Waals surface area contributed by atoms with Crippen LogP contribution in [-0.4, -0.2) is 36.0 Å². The summed E-state index contributed by atoms with van der Waals surface area (Å²) in [7, 11) is 0. The first-order valence-corrected chi connectivity index (χ1v) is 9.33. The zero-order chi connectivity index (χ0) is 16.4. The number of nitrogens with one attached hydrogen (secondary N) is 2. The molecule has 0 aromatic carbocycles. The van der Waals surface area contributed by atoms with Crippen LogP contribution in [0.4, 0.5) is 0 Å². The molecule has 1 heterocycles. The van der Waals surface area contributed by atoms with Crippen LogP contribution in [0.3, 0.4) is 0 Å². The van der Waals surface area contributed by atoms with Gasteiger partial charge < -0.3 is 15.1 Å². The first kappa shape index (κ1) is 18.9. The number of guanidine groups is 1. The molecule has 126 valence electrons. The van der Waals surface area contributed by atoms with E-state index in [2.05, 4.69) is 54.6 Å². The number of unbranched alkanes of at least 4 members (excludes halogenated alkanes) is 1. The second kappa shape index (κ2) is 9.77. The summed E-state index contributed by atoms with van der Waals surface area (Å²) in [4.78, 5) is 8.83. The summed E-state index contributed by atoms with van der Waals surface area (Å²) in [6, 6.07) is 0. The van der Waals surface area contributed by atoms with Crippen molar-refractivity contribution < 1.29 is 4.42 Å². The summed E-state index contributed by atoms with van der Waals surface area (Å²) < 4.78 is 5.76. The minimum atomic E-state index is -0.0188. The topological polar surface area (TPSA) is 62.5 Å². The van der Waals surface area contributed by atoms with Crippen LogP contribution in [0.2, 0.25) is 0 Å². The van der Waals surface area contributed by atoms with E-state index in [-0.39, 0.29) is 5.41 Å². The van der Waals surface area contributed by atoms with Crippen molar-refractivity contribution in [3.63, 3.8) is 0 Å². The first-order valence-electron chi connectivity index (χ1n) is 7.93. The highest BCUT2D eigenvalue weighted by Gasteiger charge is 2.18. The molecule has 0 unspecified atom stereocenters. The molecule has 0 fully saturated rings. The van der Waals surface area contributed by atoms with Crippen LogP contribution in [0.5, 0.6) is 0 Å². The van der Waals surface area contributed by atoms with E-state index in [0.717, 1.165) is 31.2 Å². The normalized spacial score (nSPS) is 12.5. The summed E-state index contributed by atoms with van der Waals surface area (Å²) in [5.41, 5.74) is -0.0188. The molecule has 0 bridgehead atoms. The summed E-state index contributed by atoms with van der Waals surface area (Å²) in [5.74, 6) is 3.58. The Labute approximate surface area is 138 Å². The van der Waals surface area contributed by atoms with Crippen molar-refractivity contribution in [3.8, 4) is 0 Å². The molecule has 22 heavy (non-hydrogen) atoms. The van der Waals surface area contributed by atoms with Gasteiger partial charge in [0.2, 0.25) is 5.89 Å². The predicted octanol–water partition coefficient (Wildman–Crippen LogP) is 3.17. The van der Waals surface area contributed by atoms with Gasteiger partial charge >= 0.3 is 0 Å². The Balaban J connectivity index is 2.49. The van der Waals surface area contributed by atoms with Gasteiger partial charge in [-0.2, -0.15) is 11.8 Å². The number of thioether (sulfide) groups is 1. The average Bonchev–Trinajstić information content (AvgIpc) is 2.93. The van der Waals surface area contributed by atoms with E-state index < -0.39 is 0 Å². The lowest BCUT2D eigenvalue weighted by molar-refractivity contribution is 0.383. The predicted molar refractivity (Wildman–Crippen MR) is 95.6 cm³/mol. The summed E-state index contributed by atoms with van der Waals surface area (Å²) in [6.45, 7) is 10.6. The van der Waals surface area contributed by atoms with Gasteiger partial charge in [-0.1, -0.05) is 20.8 Å². The minimum Gasteiger partial charge on any atom is -0.443 e. The Morgan fingerprint density at radius 3 is 2.68 bits per heavy atom. The molecule has 0 aliphatic carbocycles. The second-order valence-corrected chi connectivity index (χ2v) is 7.18. The van der Waals surface area contributed by atoms with Gasteiger partial charge in [-0.05, 0) is 31.8 Å². The molecule has 6 heteroatoms. The highest BCUT2D eigenvalue weighted by Crippen LogP contribution is 2.22. The number of oxazole rings is 1. The van der Waals surface area contributed by atoms with Gasteiger partial charge in [-0.15, -0.1) is 0 Å². The lowest BCUT2D eigenvalue weighted by atomic mass is 9.94. The number of aromatic nitrogens is 1. The Morgan fingerprint density at radius 2 is 2.09 bits per heavy atom. The fourth-order valence-electron chi connectivity index (χ4n) is 1.80. The van der Waals surface area contributed by atoms with E-state index in [0.29, 0.717) is 12.4 Å². The van der Waals surface area contributed by atoms with Gasteiger partial charge in [-0.3, -0.25) is 0 Å². The SMILES string of the molecule is CCNC(=NCc1ncc(C(C)(C)C)o1)NCCCCSC. The van der Waals surface area contributed by atoms with Crippen molar-refractivity contribution in [2.45, 2.75) is 52.5 Å². The number of hydrogen-bond acceptors (Lipinski definition) is 4. The van der Waals surface area contributed by atoms with Crippen LogP contribution in [-0.2, 0) is 12.0 Å². The molecule has 1 rings (SSSR count). The highest BCUT2D eigenvalue weighted by atomic mass is 32.2. The van der Waals surface area contributed by atoms with Gasteiger partial charge in [0.25, 0.3) is 0 Å². The van der Waals surface area contributed by atoms with E-state index in [1.807, 2.05) is 11.8 Å². The Morgan fingerprint density at radius 1 is 1.32 bits per heavy atom. The molecule has 0 spiro atoms. The molecule has 0 saturated heterocycles. The standard InChI is InChI=1S/C16H30N4OS/c1-6-17-15(18-9-7-8-10-22-5)20-12-14-19-11-13(21-14)16(2,3)4/h11H,6-10,12H2,1-5H3,(H2,17,18,20). The maximum Gasteiger partial charge on any atom is 0.216 e. The highest BCUT2D eigenvalue weighted by molar-refractivity contribution is 7.98.